The van der Waals surface area contributed by atoms with Crippen LogP contribution < -0.4 is 5.32 Å². The molecule has 1 heterocycles. The van der Waals surface area contributed by atoms with Gasteiger partial charge >= 0.3 is 0 Å². The van der Waals surface area contributed by atoms with E-state index in [1.54, 1.807) is 0 Å². The Morgan fingerprint density at radius 3 is 2.82 bits per heavy atom. The zero-order valence-electron chi connectivity index (χ0n) is 10.9. The van der Waals surface area contributed by atoms with E-state index < -0.39 is 0 Å². The van der Waals surface area contributed by atoms with Crippen molar-refractivity contribution in [1.82, 2.24) is 5.32 Å². The first-order valence-corrected chi connectivity index (χ1v) is 6.51. The van der Waals surface area contributed by atoms with E-state index in [-0.39, 0.29) is 10.8 Å². The molecule has 1 saturated heterocycles. The molecule has 0 spiro atoms. The van der Waals surface area contributed by atoms with Gasteiger partial charge in [0, 0.05) is 11.5 Å². The van der Waals surface area contributed by atoms with Crippen molar-refractivity contribution in [1.29, 1.82) is 0 Å². The van der Waals surface area contributed by atoms with Gasteiger partial charge in [-0.2, -0.15) is 0 Å². The second kappa shape index (κ2) is 3.26. The number of aromatic hydroxyl groups is 1. The number of benzene rings is 1. The predicted octanol–water partition coefficient (Wildman–Crippen LogP) is 2.59. The van der Waals surface area contributed by atoms with Crippen LogP contribution in [-0.2, 0) is 11.8 Å². The fourth-order valence-electron chi connectivity index (χ4n) is 3.78. The molecule has 1 aromatic rings. The molecular weight excluding hydrogens is 210 g/mol. The van der Waals surface area contributed by atoms with Crippen LogP contribution in [0.1, 0.15) is 38.3 Å². The van der Waals surface area contributed by atoms with Crippen molar-refractivity contribution in [2.75, 3.05) is 6.54 Å². The molecule has 17 heavy (non-hydrogen) atoms. The van der Waals surface area contributed by atoms with Crippen LogP contribution in [0.3, 0.4) is 0 Å². The first kappa shape index (κ1) is 11.1. The summed E-state index contributed by atoms with van der Waals surface area (Å²) in [5, 5.41) is 13.7. The Hall–Kier alpha value is -1.02. The summed E-state index contributed by atoms with van der Waals surface area (Å²) in [5.74, 6) is 0.470. The Balaban J connectivity index is 2.26. The average molecular weight is 231 g/mol. The lowest BCUT2D eigenvalue weighted by molar-refractivity contribution is 0.0551. The summed E-state index contributed by atoms with van der Waals surface area (Å²) in [5.41, 5.74) is 2.94. The third-order valence-electron chi connectivity index (χ3n) is 5.46. The van der Waals surface area contributed by atoms with E-state index in [0.29, 0.717) is 11.8 Å². The maximum atomic E-state index is 10.1. The summed E-state index contributed by atoms with van der Waals surface area (Å²) in [6.45, 7) is 8.16. The summed E-state index contributed by atoms with van der Waals surface area (Å²) >= 11 is 0. The molecule has 0 amide bonds. The molecule has 1 unspecified atom stereocenters. The van der Waals surface area contributed by atoms with Gasteiger partial charge in [-0.3, -0.25) is 0 Å². The molecule has 0 saturated carbocycles. The number of phenolic OH excluding ortho intramolecular Hbond substituents is 1. The van der Waals surface area contributed by atoms with Crippen molar-refractivity contribution in [3.8, 4) is 5.75 Å². The van der Waals surface area contributed by atoms with Crippen molar-refractivity contribution < 1.29 is 5.11 Å². The molecule has 1 fully saturated rings. The molecule has 2 nitrogen and oxygen atoms in total. The third kappa shape index (κ3) is 1.25. The van der Waals surface area contributed by atoms with Crippen molar-refractivity contribution in [2.24, 2.45) is 5.41 Å². The quantitative estimate of drug-likeness (QED) is 0.719. The summed E-state index contributed by atoms with van der Waals surface area (Å²) in [6, 6.07) is 6.48. The Bertz CT molecular complexity index is 466. The van der Waals surface area contributed by atoms with Gasteiger partial charge in [0.15, 0.2) is 0 Å². The highest BCUT2D eigenvalue weighted by atomic mass is 16.3. The summed E-state index contributed by atoms with van der Waals surface area (Å²) in [4.78, 5) is 0. The maximum Gasteiger partial charge on any atom is 0.119 e. The van der Waals surface area contributed by atoms with E-state index in [1.807, 2.05) is 12.1 Å². The van der Waals surface area contributed by atoms with Crippen LogP contribution in [0.2, 0.25) is 0 Å². The number of piperidine rings is 1. The molecule has 1 aliphatic carbocycles. The molecule has 92 valence electrons. The molecular formula is C15H21NO. The number of phenols is 1. The van der Waals surface area contributed by atoms with Gasteiger partial charge < -0.3 is 10.4 Å². The third-order valence-corrected chi connectivity index (χ3v) is 5.46. The number of fused-ring (bicyclic) bond motifs is 4. The molecule has 3 rings (SSSR count). The largest absolute Gasteiger partial charge is 0.508 e. The molecule has 0 aromatic heterocycles. The fourth-order valence-corrected chi connectivity index (χ4v) is 3.78. The van der Waals surface area contributed by atoms with Gasteiger partial charge in [0.1, 0.15) is 5.75 Å². The van der Waals surface area contributed by atoms with Crippen LogP contribution in [0.15, 0.2) is 18.2 Å². The number of hydrogen-bond acceptors (Lipinski definition) is 2. The zero-order valence-corrected chi connectivity index (χ0v) is 10.9. The molecule has 2 N–H and O–H groups in total. The van der Waals surface area contributed by atoms with Crippen molar-refractivity contribution >= 4 is 0 Å². The SMILES string of the molecule is CC12CCN[C@H](Cc3c(O)cccc31)C2(C)C. The molecule has 1 aromatic carbocycles. The van der Waals surface area contributed by atoms with Gasteiger partial charge in [0.05, 0.1) is 0 Å². The van der Waals surface area contributed by atoms with E-state index >= 15 is 0 Å². The minimum atomic E-state index is 0.176. The summed E-state index contributed by atoms with van der Waals surface area (Å²) in [6.07, 6.45) is 2.09. The molecule has 2 bridgehead atoms. The number of nitrogens with one attached hydrogen (secondary N) is 1. The van der Waals surface area contributed by atoms with Gasteiger partial charge in [-0.05, 0) is 42.0 Å². The standard InChI is InChI=1S/C15H21NO/c1-14(2)13-9-10-11(5-4-6-12(10)17)15(14,3)7-8-16-13/h4-6,13,16-17H,7-9H2,1-3H3/t13-,15?/m1/s1. The predicted molar refractivity (Wildman–Crippen MR) is 69.4 cm³/mol. The van der Waals surface area contributed by atoms with Gasteiger partial charge in [0.2, 0.25) is 0 Å². The van der Waals surface area contributed by atoms with Gasteiger partial charge in [-0.25, -0.2) is 0 Å². The normalized spacial score (nSPS) is 34.2. The lowest BCUT2D eigenvalue weighted by atomic mass is 9.51. The highest BCUT2D eigenvalue weighted by Crippen LogP contribution is 2.54. The molecule has 2 aliphatic rings. The van der Waals surface area contributed by atoms with Gasteiger partial charge in [-0.15, -0.1) is 0 Å². The van der Waals surface area contributed by atoms with E-state index in [1.165, 1.54) is 5.56 Å². The fraction of sp³-hybridized carbons (Fsp3) is 0.600. The maximum absolute atomic E-state index is 10.1. The highest BCUT2D eigenvalue weighted by molar-refractivity contribution is 5.48. The first-order chi connectivity index (χ1) is 7.97. The average Bonchev–Trinajstić information content (AvgIpc) is 2.24. The van der Waals surface area contributed by atoms with Crippen LogP contribution in [0.4, 0.5) is 0 Å². The second-order valence-corrected chi connectivity index (χ2v) is 6.32. The van der Waals surface area contributed by atoms with Crippen molar-refractivity contribution in [2.45, 2.75) is 45.1 Å². The second-order valence-electron chi connectivity index (χ2n) is 6.32. The van der Waals surface area contributed by atoms with Gasteiger partial charge in [0.25, 0.3) is 0 Å². The molecule has 2 heteroatoms. The van der Waals surface area contributed by atoms with Crippen molar-refractivity contribution in [3.05, 3.63) is 29.3 Å². The molecule has 2 atom stereocenters. The van der Waals surface area contributed by atoms with Crippen molar-refractivity contribution in [3.63, 3.8) is 0 Å². The topological polar surface area (TPSA) is 32.3 Å². The lowest BCUT2D eigenvalue weighted by Crippen LogP contribution is -2.62. The Labute approximate surface area is 103 Å². The Kier molecular flexibility index (Phi) is 2.13. The minimum absolute atomic E-state index is 0.176. The first-order valence-electron chi connectivity index (χ1n) is 6.51. The molecule has 1 aliphatic heterocycles. The summed E-state index contributed by atoms with van der Waals surface area (Å²) < 4.78 is 0. The number of rotatable bonds is 0. The van der Waals surface area contributed by atoms with E-state index in [2.05, 4.69) is 32.2 Å². The Morgan fingerprint density at radius 2 is 2.06 bits per heavy atom. The van der Waals surface area contributed by atoms with E-state index in [0.717, 1.165) is 24.9 Å². The van der Waals surface area contributed by atoms with Crippen LogP contribution in [-0.4, -0.2) is 17.7 Å². The van der Waals surface area contributed by atoms with E-state index in [9.17, 15) is 5.11 Å². The van der Waals surface area contributed by atoms with Crippen LogP contribution in [0.5, 0.6) is 5.75 Å². The van der Waals surface area contributed by atoms with E-state index in [4.69, 9.17) is 0 Å². The highest BCUT2D eigenvalue weighted by Gasteiger charge is 2.53. The van der Waals surface area contributed by atoms with Gasteiger partial charge in [-0.1, -0.05) is 32.9 Å². The summed E-state index contributed by atoms with van der Waals surface area (Å²) in [7, 11) is 0. The zero-order chi connectivity index (χ0) is 12.3. The van der Waals surface area contributed by atoms with Crippen LogP contribution >= 0.6 is 0 Å². The Morgan fingerprint density at radius 1 is 1.29 bits per heavy atom. The smallest absolute Gasteiger partial charge is 0.119 e. The van der Waals surface area contributed by atoms with Crippen LogP contribution in [0, 0.1) is 5.41 Å². The van der Waals surface area contributed by atoms with Crippen LogP contribution in [0.25, 0.3) is 0 Å². The molecule has 0 radical (unpaired) electrons. The monoisotopic (exact) mass is 231 g/mol. The lowest BCUT2D eigenvalue weighted by Gasteiger charge is -2.57. The minimum Gasteiger partial charge on any atom is -0.508 e. The number of hydrogen-bond donors (Lipinski definition) is 2.